The molecular formula is C12H23NO3. The van der Waals surface area contributed by atoms with E-state index in [2.05, 4.69) is 0 Å². The van der Waals surface area contributed by atoms with Gasteiger partial charge in [-0.25, -0.2) is 4.79 Å². The number of nitrogens with zero attached hydrogens (tertiary/aromatic N) is 1. The van der Waals surface area contributed by atoms with E-state index in [1.807, 2.05) is 27.7 Å². The van der Waals surface area contributed by atoms with Crippen LogP contribution in [0.5, 0.6) is 0 Å². The number of rotatable bonds is 0. The quantitative estimate of drug-likeness (QED) is 0.691. The highest BCUT2D eigenvalue weighted by Crippen LogP contribution is 2.27. The van der Waals surface area contributed by atoms with Gasteiger partial charge in [-0.3, -0.25) is 0 Å². The van der Waals surface area contributed by atoms with Crippen molar-refractivity contribution in [2.24, 2.45) is 5.92 Å². The predicted molar refractivity (Wildman–Crippen MR) is 62.2 cm³/mol. The Morgan fingerprint density at radius 3 is 2.50 bits per heavy atom. The van der Waals surface area contributed by atoms with E-state index in [4.69, 9.17) is 4.74 Å². The van der Waals surface area contributed by atoms with E-state index >= 15 is 0 Å². The van der Waals surface area contributed by atoms with Crippen molar-refractivity contribution in [2.75, 3.05) is 13.1 Å². The van der Waals surface area contributed by atoms with Gasteiger partial charge < -0.3 is 14.7 Å². The molecule has 1 heterocycles. The van der Waals surface area contributed by atoms with Gasteiger partial charge in [0.1, 0.15) is 5.60 Å². The predicted octanol–water partition coefficient (Wildman–Crippen LogP) is 2.01. The van der Waals surface area contributed by atoms with Crippen LogP contribution in [0.1, 0.15) is 41.0 Å². The lowest BCUT2D eigenvalue weighted by Crippen LogP contribution is -2.53. The summed E-state index contributed by atoms with van der Waals surface area (Å²) in [7, 11) is 0. The summed E-state index contributed by atoms with van der Waals surface area (Å²) in [6.45, 7) is 10.3. The minimum absolute atomic E-state index is 0.214. The molecule has 0 aromatic rings. The Labute approximate surface area is 97.6 Å². The van der Waals surface area contributed by atoms with Crippen LogP contribution < -0.4 is 0 Å². The molecule has 0 aliphatic carbocycles. The van der Waals surface area contributed by atoms with Crippen molar-refractivity contribution >= 4 is 6.09 Å². The maximum Gasteiger partial charge on any atom is 0.410 e. The van der Waals surface area contributed by atoms with E-state index in [0.717, 1.165) is 6.42 Å². The fourth-order valence-electron chi connectivity index (χ4n) is 1.76. The second-order valence-corrected chi connectivity index (χ2v) is 5.95. The van der Waals surface area contributed by atoms with Gasteiger partial charge >= 0.3 is 6.09 Å². The lowest BCUT2D eigenvalue weighted by atomic mass is 9.84. The van der Waals surface area contributed by atoms with Crippen molar-refractivity contribution in [1.29, 1.82) is 0 Å². The number of likely N-dealkylation sites (tertiary alicyclic amines) is 1. The fourth-order valence-corrected chi connectivity index (χ4v) is 1.76. The second-order valence-electron chi connectivity index (χ2n) is 5.95. The molecule has 1 N–H and O–H groups in total. The average Bonchev–Trinajstić information content (AvgIpc) is 2.06. The number of amides is 1. The zero-order valence-electron chi connectivity index (χ0n) is 10.9. The van der Waals surface area contributed by atoms with E-state index < -0.39 is 11.2 Å². The van der Waals surface area contributed by atoms with Gasteiger partial charge in [-0.15, -0.1) is 0 Å². The molecule has 1 aliphatic rings. The molecule has 0 bridgehead atoms. The van der Waals surface area contributed by atoms with Gasteiger partial charge in [-0.1, -0.05) is 6.92 Å². The van der Waals surface area contributed by atoms with Crippen LogP contribution >= 0.6 is 0 Å². The number of carbonyl (C=O) groups is 1. The molecule has 2 atom stereocenters. The van der Waals surface area contributed by atoms with Crippen molar-refractivity contribution in [3.05, 3.63) is 0 Å². The van der Waals surface area contributed by atoms with Crippen LogP contribution in [0.3, 0.4) is 0 Å². The smallest absolute Gasteiger partial charge is 0.410 e. The highest BCUT2D eigenvalue weighted by Gasteiger charge is 2.38. The molecule has 1 rings (SSSR count). The average molecular weight is 229 g/mol. The Morgan fingerprint density at radius 2 is 2.06 bits per heavy atom. The Balaban J connectivity index is 2.60. The molecule has 1 aliphatic heterocycles. The van der Waals surface area contributed by atoms with E-state index in [1.54, 1.807) is 11.8 Å². The molecule has 94 valence electrons. The fraction of sp³-hybridized carbons (Fsp3) is 0.917. The van der Waals surface area contributed by atoms with Crippen LogP contribution in [0, 0.1) is 5.92 Å². The number of piperidine rings is 1. The van der Waals surface area contributed by atoms with Crippen LogP contribution in [-0.4, -0.2) is 40.4 Å². The first-order chi connectivity index (χ1) is 7.12. The number of β-amino-alcohol motifs (C(OH)–C–C–N with tert-alkyl or cyclic N) is 1. The Morgan fingerprint density at radius 1 is 1.50 bits per heavy atom. The normalized spacial score (nSPS) is 31.4. The molecule has 0 spiro atoms. The number of ether oxygens (including phenoxy) is 1. The summed E-state index contributed by atoms with van der Waals surface area (Å²) in [5.74, 6) is 0.214. The third kappa shape index (κ3) is 3.37. The lowest BCUT2D eigenvalue weighted by Gasteiger charge is -2.41. The van der Waals surface area contributed by atoms with Crippen molar-refractivity contribution in [2.45, 2.75) is 52.2 Å². The van der Waals surface area contributed by atoms with Crippen molar-refractivity contribution in [1.82, 2.24) is 4.90 Å². The summed E-state index contributed by atoms with van der Waals surface area (Å²) in [5, 5.41) is 10.1. The number of carbonyl (C=O) groups excluding carboxylic acids is 1. The largest absolute Gasteiger partial charge is 0.444 e. The molecule has 0 aromatic heterocycles. The van der Waals surface area contributed by atoms with Crippen LogP contribution in [0.25, 0.3) is 0 Å². The van der Waals surface area contributed by atoms with E-state index in [-0.39, 0.29) is 12.0 Å². The Hall–Kier alpha value is -0.770. The van der Waals surface area contributed by atoms with Crippen LogP contribution in [0.2, 0.25) is 0 Å². The van der Waals surface area contributed by atoms with Gasteiger partial charge in [0.2, 0.25) is 0 Å². The molecule has 0 saturated carbocycles. The van der Waals surface area contributed by atoms with Gasteiger partial charge in [0.25, 0.3) is 0 Å². The molecule has 1 amide bonds. The van der Waals surface area contributed by atoms with Gasteiger partial charge in [0.15, 0.2) is 0 Å². The Kier molecular flexibility index (Phi) is 3.53. The van der Waals surface area contributed by atoms with E-state index in [9.17, 15) is 9.90 Å². The van der Waals surface area contributed by atoms with Crippen molar-refractivity contribution in [3.8, 4) is 0 Å². The van der Waals surface area contributed by atoms with Crippen LogP contribution in [0.15, 0.2) is 0 Å². The van der Waals surface area contributed by atoms with Gasteiger partial charge in [0.05, 0.1) is 12.1 Å². The minimum atomic E-state index is -0.810. The Bertz CT molecular complexity index is 268. The second kappa shape index (κ2) is 4.24. The van der Waals surface area contributed by atoms with Gasteiger partial charge in [-0.05, 0) is 40.0 Å². The minimum Gasteiger partial charge on any atom is -0.444 e. The first-order valence-corrected chi connectivity index (χ1v) is 5.82. The maximum atomic E-state index is 11.8. The summed E-state index contributed by atoms with van der Waals surface area (Å²) < 4.78 is 5.28. The molecule has 0 aromatic carbocycles. The topological polar surface area (TPSA) is 49.8 Å². The molecule has 0 unspecified atom stereocenters. The summed E-state index contributed by atoms with van der Waals surface area (Å²) in [6, 6.07) is 0. The summed E-state index contributed by atoms with van der Waals surface area (Å²) >= 11 is 0. The molecule has 0 radical (unpaired) electrons. The summed E-state index contributed by atoms with van der Waals surface area (Å²) in [4.78, 5) is 13.4. The van der Waals surface area contributed by atoms with E-state index in [0.29, 0.717) is 13.1 Å². The summed E-state index contributed by atoms with van der Waals surface area (Å²) in [5.41, 5.74) is -1.29. The zero-order valence-corrected chi connectivity index (χ0v) is 10.9. The molecule has 4 heteroatoms. The number of aliphatic hydroxyl groups is 1. The monoisotopic (exact) mass is 229 g/mol. The molecular weight excluding hydrogens is 206 g/mol. The lowest BCUT2D eigenvalue weighted by molar-refractivity contribution is -0.0625. The third-order valence-corrected chi connectivity index (χ3v) is 3.06. The SMILES string of the molecule is C[C@H]1CCN(C(=O)OC(C)(C)C)C[C@]1(C)O. The zero-order chi connectivity index (χ0) is 12.6. The first kappa shape index (κ1) is 13.3. The third-order valence-electron chi connectivity index (χ3n) is 3.06. The molecule has 1 saturated heterocycles. The van der Waals surface area contributed by atoms with Gasteiger partial charge in [0, 0.05) is 6.54 Å². The highest BCUT2D eigenvalue weighted by atomic mass is 16.6. The van der Waals surface area contributed by atoms with E-state index in [1.165, 1.54) is 0 Å². The first-order valence-electron chi connectivity index (χ1n) is 5.82. The molecule has 1 fully saturated rings. The van der Waals surface area contributed by atoms with Gasteiger partial charge in [-0.2, -0.15) is 0 Å². The molecule has 4 nitrogen and oxygen atoms in total. The summed E-state index contributed by atoms with van der Waals surface area (Å²) in [6.07, 6.45) is 0.478. The standard InChI is InChI=1S/C12H23NO3/c1-9-6-7-13(8-12(9,5)15)10(14)16-11(2,3)4/h9,15H,6-8H2,1-5H3/t9-,12-/m0/s1. The highest BCUT2D eigenvalue weighted by molar-refractivity contribution is 5.68. The number of hydrogen-bond acceptors (Lipinski definition) is 3. The number of hydrogen-bond donors (Lipinski definition) is 1. The van der Waals surface area contributed by atoms with Crippen molar-refractivity contribution < 1.29 is 14.6 Å². The van der Waals surface area contributed by atoms with Crippen molar-refractivity contribution in [3.63, 3.8) is 0 Å². The van der Waals surface area contributed by atoms with Crippen LogP contribution in [0.4, 0.5) is 4.79 Å². The molecule has 16 heavy (non-hydrogen) atoms. The van der Waals surface area contributed by atoms with Crippen LogP contribution in [-0.2, 0) is 4.74 Å². The maximum absolute atomic E-state index is 11.8.